The number of anilines is 2. The van der Waals surface area contributed by atoms with Crippen molar-refractivity contribution < 1.29 is 19.0 Å². The van der Waals surface area contributed by atoms with Gasteiger partial charge in [0.1, 0.15) is 17.1 Å². The first kappa shape index (κ1) is 20.5. The Bertz CT molecular complexity index is 1180. The lowest BCUT2D eigenvalue weighted by molar-refractivity contribution is 0.0210. The monoisotopic (exact) mass is 436 g/mol. The fourth-order valence-corrected chi connectivity index (χ4v) is 4.28. The average molecular weight is 437 g/mol. The van der Waals surface area contributed by atoms with E-state index in [1.807, 2.05) is 52.1 Å². The van der Waals surface area contributed by atoms with Crippen LogP contribution in [0.5, 0.6) is 11.5 Å². The van der Waals surface area contributed by atoms with Crippen LogP contribution in [0, 0.1) is 0 Å². The number of nitrogens with one attached hydrogen (secondary N) is 2. The van der Waals surface area contributed by atoms with Crippen molar-refractivity contribution in [1.82, 2.24) is 14.9 Å². The third-order valence-electron chi connectivity index (χ3n) is 5.90. The van der Waals surface area contributed by atoms with Gasteiger partial charge in [-0.15, -0.1) is 0 Å². The molecule has 0 spiro atoms. The molecule has 168 valence electrons. The molecule has 32 heavy (non-hydrogen) atoms. The first-order chi connectivity index (χ1) is 15.3. The number of likely N-dealkylation sites (N-methyl/N-ethyl adjacent to an activating group) is 1. The highest BCUT2D eigenvalue weighted by molar-refractivity contribution is 5.84. The summed E-state index contributed by atoms with van der Waals surface area (Å²) in [5.74, 6) is 2.23. The lowest BCUT2D eigenvalue weighted by atomic mass is 9.91. The number of hydrogen-bond acceptors (Lipinski definition) is 6. The van der Waals surface area contributed by atoms with Crippen molar-refractivity contribution in [2.24, 2.45) is 0 Å². The van der Waals surface area contributed by atoms with Crippen molar-refractivity contribution in [2.45, 2.75) is 51.7 Å². The van der Waals surface area contributed by atoms with Gasteiger partial charge in [0.05, 0.1) is 0 Å². The van der Waals surface area contributed by atoms with Gasteiger partial charge in [-0.25, -0.2) is 9.78 Å². The number of aromatic nitrogens is 2. The Morgan fingerprint density at radius 2 is 2.03 bits per heavy atom. The average Bonchev–Trinajstić information content (AvgIpc) is 3.34. The highest BCUT2D eigenvalue weighted by atomic mass is 16.7. The number of pyridine rings is 1. The van der Waals surface area contributed by atoms with Gasteiger partial charge in [-0.2, -0.15) is 0 Å². The van der Waals surface area contributed by atoms with Gasteiger partial charge in [-0.05, 0) is 69.9 Å². The summed E-state index contributed by atoms with van der Waals surface area (Å²) < 4.78 is 16.4. The van der Waals surface area contributed by atoms with E-state index in [9.17, 15) is 4.79 Å². The Hall–Kier alpha value is -3.42. The largest absolute Gasteiger partial charge is 0.454 e. The van der Waals surface area contributed by atoms with Gasteiger partial charge in [-0.1, -0.05) is 0 Å². The van der Waals surface area contributed by atoms with Crippen molar-refractivity contribution in [3.63, 3.8) is 0 Å². The number of carbonyl (C=O) groups excluding carboxylic acids is 1. The van der Waals surface area contributed by atoms with Crippen molar-refractivity contribution in [2.75, 3.05) is 19.2 Å². The molecule has 0 fully saturated rings. The number of H-pyrrole nitrogens is 1. The Morgan fingerprint density at radius 1 is 1.22 bits per heavy atom. The number of aryl methyl sites for hydroxylation is 1. The SMILES string of the molecule is CN(C(=O)OC(C)(C)C)C1CCc2[nH]c3nc(Nc4ccc5c(c4)OCO5)ccc3c2C1. The number of nitrogens with zero attached hydrogens (tertiary/aromatic N) is 2. The second-order valence-corrected chi connectivity index (χ2v) is 9.36. The van der Waals surface area contributed by atoms with Gasteiger partial charge in [0.25, 0.3) is 0 Å². The zero-order valence-corrected chi connectivity index (χ0v) is 18.8. The van der Waals surface area contributed by atoms with Crippen LogP contribution in [0.4, 0.5) is 16.3 Å². The van der Waals surface area contributed by atoms with Crippen LogP contribution in [0.1, 0.15) is 38.4 Å². The topological polar surface area (TPSA) is 88.7 Å². The predicted molar refractivity (Wildman–Crippen MR) is 122 cm³/mol. The summed E-state index contributed by atoms with van der Waals surface area (Å²) in [5, 5.41) is 4.43. The smallest absolute Gasteiger partial charge is 0.410 e. The molecule has 1 aliphatic carbocycles. The highest BCUT2D eigenvalue weighted by Gasteiger charge is 2.30. The van der Waals surface area contributed by atoms with Crippen molar-refractivity contribution in [3.8, 4) is 11.5 Å². The summed E-state index contributed by atoms with van der Waals surface area (Å²) >= 11 is 0. The molecule has 5 rings (SSSR count). The number of hydrogen-bond donors (Lipinski definition) is 2. The molecule has 0 radical (unpaired) electrons. The number of fused-ring (bicyclic) bond motifs is 4. The van der Waals surface area contributed by atoms with Gasteiger partial charge in [0, 0.05) is 35.9 Å². The first-order valence-electron chi connectivity index (χ1n) is 10.9. The lowest BCUT2D eigenvalue weighted by Crippen LogP contribution is -2.43. The molecule has 0 saturated heterocycles. The third-order valence-corrected chi connectivity index (χ3v) is 5.90. The molecule has 1 aliphatic heterocycles. The molecule has 0 bridgehead atoms. The number of rotatable bonds is 3. The summed E-state index contributed by atoms with van der Waals surface area (Å²) in [7, 11) is 1.82. The summed E-state index contributed by atoms with van der Waals surface area (Å²) in [6.07, 6.45) is 2.26. The Labute approximate surface area is 186 Å². The number of carbonyl (C=O) groups is 1. The number of aromatic amines is 1. The molecule has 1 unspecified atom stereocenters. The molecular weight excluding hydrogens is 408 g/mol. The van der Waals surface area contributed by atoms with Crippen molar-refractivity contribution >= 4 is 28.6 Å². The van der Waals surface area contributed by atoms with E-state index < -0.39 is 5.60 Å². The molecule has 1 amide bonds. The van der Waals surface area contributed by atoms with E-state index in [1.165, 1.54) is 11.3 Å². The van der Waals surface area contributed by atoms with Crippen LogP contribution in [0.2, 0.25) is 0 Å². The van der Waals surface area contributed by atoms with E-state index in [4.69, 9.17) is 19.2 Å². The Kier molecular flexibility index (Phi) is 4.87. The van der Waals surface area contributed by atoms with E-state index >= 15 is 0 Å². The summed E-state index contributed by atoms with van der Waals surface area (Å²) in [4.78, 5) is 22.5. The third kappa shape index (κ3) is 3.92. The van der Waals surface area contributed by atoms with Gasteiger partial charge in [0.15, 0.2) is 11.5 Å². The molecule has 8 nitrogen and oxygen atoms in total. The molecule has 0 saturated carbocycles. The fraction of sp³-hybridized carbons (Fsp3) is 0.417. The fourth-order valence-electron chi connectivity index (χ4n) is 4.28. The molecule has 2 aliphatic rings. The van der Waals surface area contributed by atoms with Crippen LogP contribution in [0.3, 0.4) is 0 Å². The zero-order chi connectivity index (χ0) is 22.5. The minimum Gasteiger partial charge on any atom is -0.454 e. The molecule has 2 N–H and O–H groups in total. The standard InChI is InChI=1S/C24H28N4O4/c1-24(2,3)32-23(29)28(4)15-6-8-18-17(12-15)16-7-10-21(27-22(16)26-18)25-14-5-9-19-20(11-14)31-13-30-19/h5,7,9-11,15H,6,8,12-13H2,1-4H3,(H2,25,26,27). The van der Waals surface area contributed by atoms with Gasteiger partial charge >= 0.3 is 6.09 Å². The Morgan fingerprint density at radius 3 is 2.84 bits per heavy atom. The molecule has 1 atom stereocenters. The molecule has 1 aromatic carbocycles. The molecule has 8 heteroatoms. The zero-order valence-electron chi connectivity index (χ0n) is 18.8. The molecule has 2 aromatic heterocycles. The van der Waals surface area contributed by atoms with Crippen LogP contribution >= 0.6 is 0 Å². The number of benzene rings is 1. The Balaban J connectivity index is 1.34. The van der Waals surface area contributed by atoms with E-state index in [1.54, 1.807) is 4.90 Å². The minimum absolute atomic E-state index is 0.0998. The molecular formula is C24H28N4O4. The first-order valence-corrected chi connectivity index (χ1v) is 10.9. The van der Waals surface area contributed by atoms with Crippen LogP contribution in [-0.4, -0.2) is 46.4 Å². The number of ether oxygens (including phenoxy) is 3. The predicted octanol–water partition coefficient (Wildman–Crippen LogP) is 4.76. The van der Waals surface area contributed by atoms with Crippen LogP contribution in [-0.2, 0) is 17.6 Å². The highest BCUT2D eigenvalue weighted by Crippen LogP contribution is 2.36. The normalized spacial score (nSPS) is 17.2. The minimum atomic E-state index is -0.503. The van der Waals surface area contributed by atoms with E-state index in [2.05, 4.69) is 16.4 Å². The van der Waals surface area contributed by atoms with E-state index in [0.717, 1.165) is 53.3 Å². The van der Waals surface area contributed by atoms with Gasteiger partial charge in [-0.3, -0.25) is 0 Å². The van der Waals surface area contributed by atoms with Crippen molar-refractivity contribution in [3.05, 3.63) is 41.6 Å². The summed E-state index contributed by atoms with van der Waals surface area (Å²) in [6.45, 7) is 5.91. The van der Waals surface area contributed by atoms with Crippen molar-refractivity contribution in [1.29, 1.82) is 0 Å². The maximum absolute atomic E-state index is 12.5. The van der Waals surface area contributed by atoms with E-state index in [0.29, 0.717) is 0 Å². The summed E-state index contributed by atoms with van der Waals surface area (Å²) in [6, 6.07) is 9.90. The quantitative estimate of drug-likeness (QED) is 0.615. The second-order valence-electron chi connectivity index (χ2n) is 9.36. The van der Waals surface area contributed by atoms with Crippen LogP contribution in [0.15, 0.2) is 30.3 Å². The molecule has 3 aromatic rings. The van der Waals surface area contributed by atoms with Gasteiger partial charge < -0.3 is 29.4 Å². The second kappa shape index (κ2) is 7.62. The number of amides is 1. The van der Waals surface area contributed by atoms with Gasteiger partial charge in [0.2, 0.25) is 6.79 Å². The van der Waals surface area contributed by atoms with Crippen LogP contribution in [0.25, 0.3) is 11.0 Å². The van der Waals surface area contributed by atoms with E-state index in [-0.39, 0.29) is 18.9 Å². The lowest BCUT2D eigenvalue weighted by Gasteiger charge is -2.33. The van der Waals surface area contributed by atoms with Crippen LogP contribution < -0.4 is 14.8 Å². The maximum atomic E-state index is 12.5. The maximum Gasteiger partial charge on any atom is 0.410 e. The molecule has 3 heterocycles. The summed E-state index contributed by atoms with van der Waals surface area (Å²) in [5.41, 5.74) is 3.66.